The molecule has 0 saturated carbocycles. The fraction of sp³-hybridized carbons (Fsp3) is 0.200. The van der Waals surface area contributed by atoms with Gasteiger partial charge in [0.2, 0.25) is 0 Å². The van der Waals surface area contributed by atoms with Gasteiger partial charge < -0.3 is 0 Å². The van der Waals surface area contributed by atoms with Crippen molar-refractivity contribution in [2.24, 2.45) is 0 Å². The Hall–Kier alpha value is -2.60. The van der Waals surface area contributed by atoms with E-state index in [1.807, 2.05) is 18.2 Å². The summed E-state index contributed by atoms with van der Waals surface area (Å²) in [6, 6.07) is 28.2. The number of fused-ring (bicyclic) bond motifs is 5. The van der Waals surface area contributed by atoms with Gasteiger partial charge in [0, 0.05) is 0 Å². The van der Waals surface area contributed by atoms with Crippen molar-refractivity contribution < 1.29 is 0 Å². The largest absolute Gasteiger partial charge is 0.0622 e. The van der Waals surface area contributed by atoms with Gasteiger partial charge in [-0.05, 0) is 65.3 Å². The summed E-state index contributed by atoms with van der Waals surface area (Å²) < 4.78 is 0. The quantitative estimate of drug-likeness (QED) is 0.310. The minimum atomic E-state index is 1.25. The van der Waals surface area contributed by atoms with Crippen molar-refractivity contribution in [3.63, 3.8) is 0 Å². The lowest BCUT2D eigenvalue weighted by Crippen LogP contribution is -2.02. The van der Waals surface area contributed by atoms with E-state index < -0.39 is 0 Å². The highest BCUT2D eigenvalue weighted by Crippen LogP contribution is 2.33. The van der Waals surface area contributed by atoms with E-state index in [1.165, 1.54) is 52.8 Å². The maximum Gasteiger partial charge on any atom is -0.0102 e. The topological polar surface area (TPSA) is 0 Å². The van der Waals surface area contributed by atoms with Gasteiger partial charge in [0.15, 0.2) is 0 Å². The molecule has 0 fully saturated rings. The molecule has 0 aromatic heterocycles. The predicted octanol–water partition coefficient (Wildman–Crippen LogP) is 6.87. The molecule has 0 unspecified atom stereocenters. The van der Waals surface area contributed by atoms with Crippen LogP contribution < -0.4 is 0 Å². The summed E-state index contributed by atoms with van der Waals surface area (Å²) >= 11 is 0. The van der Waals surface area contributed by atoms with Crippen LogP contribution in [-0.4, -0.2) is 0 Å². The molecule has 1 aliphatic rings. The maximum absolute atomic E-state index is 2.35. The van der Waals surface area contributed by atoms with Crippen LogP contribution in [0.15, 0.2) is 78.9 Å². The van der Waals surface area contributed by atoms with Gasteiger partial charge in [-0.25, -0.2) is 0 Å². The molecule has 0 aliphatic heterocycles. The molecule has 0 spiro atoms. The second kappa shape index (κ2) is 7.11. The van der Waals surface area contributed by atoms with Crippen molar-refractivity contribution in [1.29, 1.82) is 0 Å². The molecule has 0 heterocycles. The lowest BCUT2D eigenvalue weighted by atomic mass is 9.86. The van der Waals surface area contributed by atoms with E-state index in [0.717, 1.165) is 0 Å². The summed E-state index contributed by atoms with van der Waals surface area (Å²) in [4.78, 5) is 0. The Morgan fingerprint density at radius 1 is 0.560 bits per heavy atom. The molecule has 4 aromatic carbocycles. The second-order valence-corrected chi connectivity index (χ2v) is 6.95. The van der Waals surface area contributed by atoms with Crippen LogP contribution in [0.4, 0.5) is 0 Å². The summed E-state index contributed by atoms with van der Waals surface area (Å²) in [7, 11) is 0. The third-order valence-corrected chi connectivity index (χ3v) is 5.20. The summed E-state index contributed by atoms with van der Waals surface area (Å²) in [6.07, 6.45) is 5.22. The molecular formula is C25H24. The Labute approximate surface area is 150 Å². The molecule has 0 radical (unpaired) electrons. The van der Waals surface area contributed by atoms with Gasteiger partial charge in [-0.1, -0.05) is 84.4 Å². The Morgan fingerprint density at radius 2 is 1.28 bits per heavy atom. The maximum atomic E-state index is 2.35. The van der Waals surface area contributed by atoms with Crippen LogP contribution in [0.5, 0.6) is 0 Å². The van der Waals surface area contributed by atoms with Gasteiger partial charge in [0.05, 0.1) is 0 Å². The SMILES string of the molecule is Cc1ccccc1.c1ccc2c(c1)ccc1c3c(ccc12)CCCC3. The molecule has 0 bridgehead atoms. The third-order valence-electron chi connectivity index (χ3n) is 5.20. The lowest BCUT2D eigenvalue weighted by molar-refractivity contribution is 0.690. The number of rotatable bonds is 0. The van der Waals surface area contributed by atoms with E-state index in [1.54, 1.807) is 11.1 Å². The molecule has 0 nitrogen and oxygen atoms in total. The van der Waals surface area contributed by atoms with E-state index in [9.17, 15) is 0 Å². The molecule has 0 N–H and O–H groups in total. The number of hydrogen-bond acceptors (Lipinski definition) is 0. The van der Waals surface area contributed by atoms with Crippen LogP contribution in [0.3, 0.4) is 0 Å². The molecule has 25 heavy (non-hydrogen) atoms. The highest BCUT2D eigenvalue weighted by atomic mass is 14.2. The van der Waals surface area contributed by atoms with Crippen LogP contribution in [0.25, 0.3) is 21.5 Å². The van der Waals surface area contributed by atoms with E-state index in [-0.39, 0.29) is 0 Å². The average Bonchev–Trinajstić information content (AvgIpc) is 2.68. The van der Waals surface area contributed by atoms with Crippen molar-refractivity contribution in [3.05, 3.63) is 95.6 Å². The number of hydrogen-bond donors (Lipinski definition) is 0. The minimum Gasteiger partial charge on any atom is -0.0622 e. The molecule has 0 atom stereocenters. The average molecular weight is 324 g/mol. The highest BCUT2D eigenvalue weighted by Gasteiger charge is 2.13. The fourth-order valence-electron chi connectivity index (χ4n) is 3.88. The van der Waals surface area contributed by atoms with Crippen LogP contribution >= 0.6 is 0 Å². The summed E-state index contributed by atoms with van der Waals surface area (Å²) in [6.45, 7) is 2.08. The first kappa shape index (κ1) is 15.9. The van der Waals surface area contributed by atoms with Crippen molar-refractivity contribution in [1.82, 2.24) is 0 Å². The molecule has 1 aliphatic carbocycles. The van der Waals surface area contributed by atoms with Crippen LogP contribution in [0, 0.1) is 6.92 Å². The van der Waals surface area contributed by atoms with E-state index in [0.29, 0.717) is 0 Å². The van der Waals surface area contributed by atoms with Crippen LogP contribution in [-0.2, 0) is 12.8 Å². The van der Waals surface area contributed by atoms with E-state index in [2.05, 4.69) is 67.6 Å². The van der Waals surface area contributed by atoms with Gasteiger partial charge in [0.1, 0.15) is 0 Å². The van der Waals surface area contributed by atoms with E-state index >= 15 is 0 Å². The van der Waals surface area contributed by atoms with E-state index in [4.69, 9.17) is 0 Å². The molecule has 124 valence electrons. The molecule has 4 aromatic rings. The zero-order chi connectivity index (χ0) is 17.1. The third kappa shape index (κ3) is 3.30. The van der Waals surface area contributed by atoms with Gasteiger partial charge in [-0.3, -0.25) is 0 Å². The summed E-state index contributed by atoms with van der Waals surface area (Å²) in [5.74, 6) is 0. The van der Waals surface area contributed by atoms with Crippen molar-refractivity contribution >= 4 is 21.5 Å². The Balaban J connectivity index is 0.000000190. The van der Waals surface area contributed by atoms with Crippen LogP contribution in [0.2, 0.25) is 0 Å². The van der Waals surface area contributed by atoms with Crippen molar-refractivity contribution in [3.8, 4) is 0 Å². The first-order chi connectivity index (χ1) is 12.3. The van der Waals surface area contributed by atoms with Crippen LogP contribution in [0.1, 0.15) is 29.5 Å². The number of benzene rings is 4. The Kier molecular flexibility index (Phi) is 4.52. The molecule has 0 saturated heterocycles. The zero-order valence-corrected chi connectivity index (χ0v) is 14.8. The number of aryl methyl sites for hydroxylation is 3. The van der Waals surface area contributed by atoms with Crippen molar-refractivity contribution in [2.45, 2.75) is 32.6 Å². The standard InChI is InChI=1S/C18H16.C7H8/c1-3-7-15-13(5-1)9-11-18-16-8-4-2-6-14(16)10-12-17(15)18;1-7-5-3-2-4-6-7/h1,3,5,7,9-12H,2,4,6,8H2;2-6H,1H3. The van der Waals surface area contributed by atoms with Gasteiger partial charge in [-0.2, -0.15) is 0 Å². The van der Waals surface area contributed by atoms with Crippen molar-refractivity contribution in [2.75, 3.05) is 0 Å². The predicted molar refractivity (Wildman–Crippen MR) is 109 cm³/mol. The van der Waals surface area contributed by atoms with Gasteiger partial charge in [0.25, 0.3) is 0 Å². The fourth-order valence-corrected chi connectivity index (χ4v) is 3.88. The smallest absolute Gasteiger partial charge is 0.0102 e. The monoisotopic (exact) mass is 324 g/mol. The highest BCUT2D eigenvalue weighted by molar-refractivity contribution is 6.08. The second-order valence-electron chi connectivity index (χ2n) is 6.95. The zero-order valence-electron chi connectivity index (χ0n) is 14.8. The minimum absolute atomic E-state index is 1.25. The molecule has 0 heteroatoms. The van der Waals surface area contributed by atoms with Gasteiger partial charge >= 0.3 is 0 Å². The molecule has 0 amide bonds. The Morgan fingerprint density at radius 3 is 2.08 bits per heavy atom. The Bertz CT molecular complexity index is 996. The first-order valence-electron chi connectivity index (χ1n) is 9.27. The summed E-state index contributed by atoms with van der Waals surface area (Å²) in [5.41, 5.74) is 4.50. The summed E-state index contributed by atoms with van der Waals surface area (Å²) in [5, 5.41) is 5.64. The lowest BCUT2D eigenvalue weighted by Gasteiger charge is -2.18. The van der Waals surface area contributed by atoms with Gasteiger partial charge in [-0.15, -0.1) is 0 Å². The first-order valence-corrected chi connectivity index (χ1v) is 9.27. The molecular weight excluding hydrogens is 300 g/mol. The normalized spacial score (nSPS) is 13.2. The molecule has 5 rings (SSSR count).